The lowest BCUT2D eigenvalue weighted by molar-refractivity contribution is -0.274. The molecule has 0 radical (unpaired) electrons. The number of hydrogen-bond donors (Lipinski definition) is 1. The average Bonchev–Trinajstić information content (AvgIpc) is 3.21. The van der Waals surface area contributed by atoms with E-state index in [9.17, 15) is 5.11 Å². The van der Waals surface area contributed by atoms with Crippen LogP contribution in [0.15, 0.2) is 30.3 Å². The summed E-state index contributed by atoms with van der Waals surface area (Å²) in [4.78, 5) is 0. The fraction of sp³-hybridized carbons (Fsp3) is 0.750. The zero-order valence-electron chi connectivity index (χ0n) is 19.1. The van der Waals surface area contributed by atoms with Crippen LogP contribution in [0.1, 0.15) is 40.2 Å². The molecule has 7 nitrogen and oxygen atoms in total. The van der Waals surface area contributed by atoms with Crippen molar-refractivity contribution in [3.63, 3.8) is 0 Å². The Bertz CT molecular complexity index is 711. The number of aliphatic hydroxyl groups is 1. The first-order valence-corrected chi connectivity index (χ1v) is 11.3. The van der Waals surface area contributed by atoms with Crippen LogP contribution in [0.3, 0.4) is 0 Å². The summed E-state index contributed by atoms with van der Waals surface area (Å²) >= 11 is 0. The number of rotatable bonds is 7. The minimum absolute atomic E-state index is 0.0484. The van der Waals surface area contributed by atoms with Gasteiger partial charge in [-0.1, -0.05) is 51.1 Å². The third-order valence-electron chi connectivity index (χ3n) is 6.93. The standard InChI is InChI=1S/C24H36O7/c1-14-15(2)18(12-26-11-17-9-7-6-8-10-17)29-23(16(14)3)27-13-19-20-21(22(25)28-19)31-24(4,5)30-20/h6-10,14-16,18-23,25H,11-13H2,1-5H3. The number of ether oxygens (including phenoxy) is 6. The molecule has 9 unspecified atom stereocenters. The maximum absolute atomic E-state index is 10.2. The fourth-order valence-electron chi connectivity index (χ4n) is 4.72. The van der Waals surface area contributed by atoms with Crippen LogP contribution in [0.25, 0.3) is 0 Å². The third kappa shape index (κ3) is 5.14. The van der Waals surface area contributed by atoms with Gasteiger partial charge in [-0.15, -0.1) is 0 Å². The van der Waals surface area contributed by atoms with Gasteiger partial charge < -0.3 is 33.5 Å². The molecule has 0 aromatic heterocycles. The lowest BCUT2D eigenvalue weighted by atomic mass is 9.79. The smallest absolute Gasteiger partial charge is 0.184 e. The molecular weight excluding hydrogens is 400 g/mol. The summed E-state index contributed by atoms with van der Waals surface area (Å²) in [6.45, 7) is 11.6. The second-order valence-corrected chi connectivity index (χ2v) is 9.58. The van der Waals surface area contributed by atoms with E-state index in [4.69, 9.17) is 28.4 Å². The zero-order valence-corrected chi connectivity index (χ0v) is 19.1. The van der Waals surface area contributed by atoms with Gasteiger partial charge in [-0.3, -0.25) is 0 Å². The van der Waals surface area contributed by atoms with Crippen LogP contribution in [0.4, 0.5) is 0 Å². The Balaban J connectivity index is 1.31. The Morgan fingerprint density at radius 3 is 2.32 bits per heavy atom. The van der Waals surface area contributed by atoms with Crippen LogP contribution in [-0.2, 0) is 35.0 Å². The van der Waals surface area contributed by atoms with Gasteiger partial charge in [-0.2, -0.15) is 0 Å². The van der Waals surface area contributed by atoms with Gasteiger partial charge in [-0.05, 0) is 31.2 Å². The van der Waals surface area contributed by atoms with E-state index in [1.54, 1.807) is 0 Å². The van der Waals surface area contributed by atoms with Crippen molar-refractivity contribution < 1.29 is 33.5 Å². The lowest BCUT2D eigenvalue weighted by Crippen LogP contribution is -2.48. The first-order chi connectivity index (χ1) is 14.7. The normalized spacial score (nSPS) is 41.9. The van der Waals surface area contributed by atoms with Crippen LogP contribution >= 0.6 is 0 Å². The van der Waals surface area contributed by atoms with Gasteiger partial charge in [-0.25, -0.2) is 0 Å². The van der Waals surface area contributed by atoms with Gasteiger partial charge in [0, 0.05) is 5.92 Å². The van der Waals surface area contributed by atoms with Crippen LogP contribution in [0.2, 0.25) is 0 Å². The molecule has 9 atom stereocenters. The molecule has 1 aromatic carbocycles. The molecule has 174 valence electrons. The number of fused-ring (bicyclic) bond motifs is 1. The molecule has 0 spiro atoms. The first kappa shape index (κ1) is 23.1. The summed E-state index contributed by atoms with van der Waals surface area (Å²) in [5, 5.41) is 10.2. The molecule has 0 aliphatic carbocycles. The molecule has 4 rings (SSSR count). The van der Waals surface area contributed by atoms with Crippen molar-refractivity contribution in [2.75, 3.05) is 13.2 Å². The SMILES string of the molecule is CC1C(COCc2ccccc2)OC(OCC2OC(O)C3OC(C)(C)OC23)C(C)C1C. The van der Waals surface area contributed by atoms with E-state index in [0.29, 0.717) is 25.0 Å². The van der Waals surface area contributed by atoms with Gasteiger partial charge >= 0.3 is 0 Å². The molecule has 3 heterocycles. The summed E-state index contributed by atoms with van der Waals surface area (Å²) in [5.41, 5.74) is 1.15. The minimum atomic E-state index is -1.01. The summed E-state index contributed by atoms with van der Waals surface area (Å²) in [6, 6.07) is 10.1. The Kier molecular flexibility index (Phi) is 7.03. The number of hydrogen-bond acceptors (Lipinski definition) is 7. The third-order valence-corrected chi connectivity index (χ3v) is 6.93. The highest BCUT2D eigenvalue weighted by atomic mass is 16.8. The van der Waals surface area contributed by atoms with Crippen molar-refractivity contribution in [1.82, 2.24) is 0 Å². The van der Waals surface area contributed by atoms with Crippen LogP contribution in [0, 0.1) is 17.8 Å². The summed E-state index contributed by atoms with van der Waals surface area (Å²) in [6.07, 6.45) is -2.68. The van der Waals surface area contributed by atoms with Crippen molar-refractivity contribution >= 4 is 0 Å². The van der Waals surface area contributed by atoms with Crippen LogP contribution in [0.5, 0.6) is 0 Å². The van der Waals surface area contributed by atoms with Gasteiger partial charge in [0.25, 0.3) is 0 Å². The number of benzene rings is 1. The van der Waals surface area contributed by atoms with E-state index >= 15 is 0 Å². The summed E-state index contributed by atoms with van der Waals surface area (Å²) in [5.74, 6) is 0.251. The molecule has 3 aliphatic rings. The van der Waals surface area contributed by atoms with Crippen LogP contribution in [-0.4, -0.2) is 61.1 Å². The first-order valence-electron chi connectivity index (χ1n) is 11.3. The zero-order chi connectivity index (χ0) is 22.2. The van der Waals surface area contributed by atoms with Crippen molar-refractivity contribution in [1.29, 1.82) is 0 Å². The van der Waals surface area contributed by atoms with E-state index in [-0.39, 0.29) is 31.0 Å². The summed E-state index contributed by atoms with van der Waals surface area (Å²) in [7, 11) is 0. The molecular formula is C24H36O7. The maximum Gasteiger partial charge on any atom is 0.184 e. The Hall–Kier alpha value is -1.06. The second kappa shape index (κ2) is 9.43. The highest BCUT2D eigenvalue weighted by Crippen LogP contribution is 2.39. The van der Waals surface area contributed by atoms with E-state index in [1.165, 1.54) is 0 Å². The minimum Gasteiger partial charge on any atom is -0.374 e. The highest BCUT2D eigenvalue weighted by Gasteiger charge is 2.55. The lowest BCUT2D eigenvalue weighted by Gasteiger charge is -2.43. The van der Waals surface area contributed by atoms with Gasteiger partial charge in [0.15, 0.2) is 18.4 Å². The second-order valence-electron chi connectivity index (χ2n) is 9.58. The fourth-order valence-corrected chi connectivity index (χ4v) is 4.72. The van der Waals surface area contributed by atoms with E-state index < -0.39 is 24.3 Å². The van der Waals surface area contributed by atoms with Gasteiger partial charge in [0.2, 0.25) is 0 Å². The maximum atomic E-state index is 10.2. The molecule has 3 aliphatic heterocycles. The van der Waals surface area contributed by atoms with Crippen molar-refractivity contribution in [2.45, 2.75) is 84.0 Å². The van der Waals surface area contributed by atoms with Crippen molar-refractivity contribution in [3.05, 3.63) is 35.9 Å². The average molecular weight is 437 g/mol. The quantitative estimate of drug-likeness (QED) is 0.704. The number of aliphatic hydroxyl groups excluding tert-OH is 1. The molecule has 3 saturated heterocycles. The Morgan fingerprint density at radius 2 is 1.58 bits per heavy atom. The molecule has 0 amide bonds. The van der Waals surface area contributed by atoms with Gasteiger partial charge in [0.05, 0.1) is 25.9 Å². The van der Waals surface area contributed by atoms with E-state index in [2.05, 4.69) is 32.9 Å². The summed E-state index contributed by atoms with van der Waals surface area (Å²) < 4.78 is 35.8. The molecule has 0 bridgehead atoms. The van der Waals surface area contributed by atoms with Crippen LogP contribution < -0.4 is 0 Å². The molecule has 7 heteroatoms. The topological polar surface area (TPSA) is 75.6 Å². The molecule has 1 aromatic rings. The van der Waals surface area contributed by atoms with Crippen molar-refractivity contribution in [3.8, 4) is 0 Å². The predicted octanol–water partition coefficient (Wildman–Crippen LogP) is 3.09. The van der Waals surface area contributed by atoms with E-state index in [0.717, 1.165) is 5.56 Å². The van der Waals surface area contributed by atoms with E-state index in [1.807, 2.05) is 32.0 Å². The Morgan fingerprint density at radius 1 is 0.871 bits per heavy atom. The van der Waals surface area contributed by atoms with Gasteiger partial charge in [0.1, 0.15) is 18.3 Å². The molecule has 1 N–H and O–H groups in total. The Labute approximate surface area is 184 Å². The molecule has 31 heavy (non-hydrogen) atoms. The largest absolute Gasteiger partial charge is 0.374 e. The van der Waals surface area contributed by atoms with Crippen molar-refractivity contribution in [2.24, 2.45) is 17.8 Å². The highest BCUT2D eigenvalue weighted by molar-refractivity contribution is 5.13. The molecule has 0 saturated carbocycles. The monoisotopic (exact) mass is 436 g/mol. The molecule has 3 fully saturated rings. The predicted molar refractivity (Wildman–Crippen MR) is 113 cm³/mol.